The fraction of sp³-hybridized carbons (Fsp3) is 1.00. The van der Waals surface area contributed by atoms with Crippen LogP contribution in [0.5, 0.6) is 0 Å². The zero-order valence-corrected chi connectivity index (χ0v) is 11.5. The number of rotatable bonds is 9. The average molecular weight is 250 g/mol. The fourth-order valence-corrected chi connectivity index (χ4v) is 2.02. The van der Waals surface area contributed by atoms with E-state index in [4.69, 9.17) is 22.8 Å². The van der Waals surface area contributed by atoms with Crippen LogP contribution < -0.4 is 0 Å². The van der Waals surface area contributed by atoms with Gasteiger partial charge in [0, 0.05) is 27.4 Å². The normalized spacial score (nSPS) is 22.1. The zero-order chi connectivity index (χ0) is 12.0. The molecule has 0 amide bonds. The molecule has 16 heavy (non-hydrogen) atoms. The molecule has 0 aliphatic carbocycles. The van der Waals surface area contributed by atoms with E-state index in [1.165, 1.54) is 0 Å². The van der Waals surface area contributed by atoms with Crippen molar-refractivity contribution in [1.29, 1.82) is 0 Å². The lowest BCUT2D eigenvalue weighted by Gasteiger charge is -2.23. The first-order valence-corrected chi connectivity index (χ1v) is 7.79. The van der Waals surface area contributed by atoms with Gasteiger partial charge in [0.1, 0.15) is 6.10 Å². The molecule has 0 saturated carbocycles. The van der Waals surface area contributed by atoms with Gasteiger partial charge >= 0.3 is 8.80 Å². The summed E-state index contributed by atoms with van der Waals surface area (Å²) in [6.45, 7) is 6.02. The second kappa shape index (κ2) is 6.68. The lowest BCUT2D eigenvalue weighted by Crippen LogP contribution is -2.40. The molecule has 6 heteroatoms. The molecular weight excluding hydrogens is 228 g/mol. The van der Waals surface area contributed by atoms with Crippen LogP contribution in [0.15, 0.2) is 0 Å². The van der Waals surface area contributed by atoms with Crippen LogP contribution in [-0.4, -0.2) is 55.1 Å². The van der Waals surface area contributed by atoms with Crippen LogP contribution in [0.2, 0.25) is 6.55 Å². The Kier molecular flexibility index (Phi) is 5.88. The van der Waals surface area contributed by atoms with Gasteiger partial charge in [-0.05, 0) is 13.3 Å². The van der Waals surface area contributed by atoms with E-state index in [9.17, 15) is 0 Å². The van der Waals surface area contributed by atoms with Crippen molar-refractivity contribution in [1.82, 2.24) is 0 Å². The largest absolute Gasteiger partial charge is 0.497 e. The molecule has 1 heterocycles. The highest BCUT2D eigenvalue weighted by Crippen LogP contribution is 2.12. The Morgan fingerprint density at radius 3 is 2.50 bits per heavy atom. The molecule has 0 spiro atoms. The third-order valence-electron chi connectivity index (χ3n) is 2.60. The smallest absolute Gasteiger partial charge is 0.377 e. The van der Waals surface area contributed by atoms with Crippen LogP contribution in [0.3, 0.4) is 0 Å². The highest BCUT2D eigenvalue weighted by molar-refractivity contribution is 6.59. The van der Waals surface area contributed by atoms with Gasteiger partial charge in [0.15, 0.2) is 0 Å². The fourth-order valence-electron chi connectivity index (χ4n) is 1.13. The first-order valence-electron chi connectivity index (χ1n) is 5.57. The summed E-state index contributed by atoms with van der Waals surface area (Å²) in [5.41, 5.74) is 0. The molecule has 1 aliphatic rings. The van der Waals surface area contributed by atoms with Gasteiger partial charge in [-0.2, -0.15) is 0 Å². The molecule has 0 radical (unpaired) electrons. The molecule has 5 nitrogen and oxygen atoms in total. The molecule has 0 aromatic rings. The summed E-state index contributed by atoms with van der Waals surface area (Å²) in [4.78, 5) is 0. The van der Waals surface area contributed by atoms with E-state index in [-0.39, 0.29) is 6.10 Å². The molecule has 2 unspecified atom stereocenters. The number of epoxide rings is 1. The van der Waals surface area contributed by atoms with Gasteiger partial charge in [-0.3, -0.25) is 0 Å². The molecule has 0 aromatic heterocycles. The Labute approximate surface area is 98.3 Å². The molecule has 1 fully saturated rings. The Morgan fingerprint density at radius 1 is 1.38 bits per heavy atom. The molecule has 1 rings (SSSR count). The summed E-state index contributed by atoms with van der Waals surface area (Å²) in [7, 11) is 0.846. The Bertz CT molecular complexity index is 194. The van der Waals surface area contributed by atoms with Crippen molar-refractivity contribution in [3.63, 3.8) is 0 Å². The first kappa shape index (κ1) is 14.1. The second-order valence-electron chi connectivity index (χ2n) is 4.01. The summed E-state index contributed by atoms with van der Waals surface area (Å²) >= 11 is 0. The molecule has 0 N–H and O–H groups in total. The maximum atomic E-state index is 5.60. The van der Waals surface area contributed by atoms with E-state index in [1.807, 2.05) is 13.5 Å². The number of hydrogen-bond donors (Lipinski definition) is 0. The zero-order valence-electron chi connectivity index (χ0n) is 10.5. The Morgan fingerprint density at radius 2 is 2.00 bits per heavy atom. The summed E-state index contributed by atoms with van der Waals surface area (Å²) in [6.07, 6.45) is 1.33. The van der Waals surface area contributed by atoms with E-state index in [1.54, 1.807) is 14.2 Å². The van der Waals surface area contributed by atoms with E-state index in [0.29, 0.717) is 19.3 Å². The molecule has 96 valence electrons. The highest BCUT2D eigenvalue weighted by Gasteiger charge is 2.31. The molecular formula is C10H22O5Si. The summed E-state index contributed by atoms with van der Waals surface area (Å²) in [5.74, 6) is 0. The number of hydrogen-bond acceptors (Lipinski definition) is 5. The average Bonchev–Trinajstić information content (AvgIpc) is 3.10. The van der Waals surface area contributed by atoms with Gasteiger partial charge in [0.25, 0.3) is 0 Å². The van der Waals surface area contributed by atoms with Crippen LogP contribution in [0, 0.1) is 0 Å². The van der Waals surface area contributed by atoms with Gasteiger partial charge in [-0.15, -0.1) is 0 Å². The van der Waals surface area contributed by atoms with E-state index in [0.717, 1.165) is 13.0 Å². The minimum atomic E-state index is -2.38. The molecule has 2 atom stereocenters. The van der Waals surface area contributed by atoms with E-state index in [2.05, 4.69) is 0 Å². The third-order valence-corrected chi connectivity index (χ3v) is 4.81. The van der Waals surface area contributed by atoms with Crippen molar-refractivity contribution in [2.75, 3.05) is 34.0 Å². The van der Waals surface area contributed by atoms with Crippen molar-refractivity contribution < 1.29 is 22.8 Å². The van der Waals surface area contributed by atoms with Crippen molar-refractivity contribution >= 4 is 8.80 Å². The topological polar surface area (TPSA) is 49.5 Å². The summed E-state index contributed by atoms with van der Waals surface area (Å²) in [5, 5.41) is 0. The SMILES string of the molecule is CO[Si](C)(OC)OCCC(C)OCC1CO1. The van der Waals surface area contributed by atoms with Crippen molar-refractivity contribution in [2.24, 2.45) is 0 Å². The Balaban J connectivity index is 2.03. The number of ether oxygens (including phenoxy) is 2. The van der Waals surface area contributed by atoms with Crippen LogP contribution >= 0.6 is 0 Å². The van der Waals surface area contributed by atoms with Gasteiger partial charge in [0.05, 0.1) is 19.3 Å². The molecule has 1 saturated heterocycles. The van der Waals surface area contributed by atoms with E-state index >= 15 is 0 Å². The van der Waals surface area contributed by atoms with Crippen LogP contribution in [0.4, 0.5) is 0 Å². The van der Waals surface area contributed by atoms with Gasteiger partial charge in [0.2, 0.25) is 0 Å². The quantitative estimate of drug-likeness (QED) is 0.452. The minimum absolute atomic E-state index is 0.177. The van der Waals surface area contributed by atoms with Crippen molar-refractivity contribution in [3.05, 3.63) is 0 Å². The standard InChI is InChI=1S/C10H22O5Si/c1-9(13-7-10-8-14-10)5-6-15-16(4,11-2)12-3/h9-10H,5-8H2,1-4H3. The van der Waals surface area contributed by atoms with Crippen LogP contribution in [-0.2, 0) is 22.8 Å². The lowest BCUT2D eigenvalue weighted by molar-refractivity contribution is 0.0291. The Hall–Kier alpha value is 0.0169. The third kappa shape index (κ3) is 5.38. The molecule has 0 aromatic carbocycles. The van der Waals surface area contributed by atoms with Crippen molar-refractivity contribution in [3.8, 4) is 0 Å². The van der Waals surface area contributed by atoms with E-state index < -0.39 is 8.80 Å². The van der Waals surface area contributed by atoms with Gasteiger partial charge in [-0.25, -0.2) is 0 Å². The second-order valence-corrected chi connectivity index (χ2v) is 6.84. The maximum absolute atomic E-state index is 5.60. The summed E-state index contributed by atoms with van der Waals surface area (Å²) in [6, 6.07) is 0. The van der Waals surface area contributed by atoms with Crippen molar-refractivity contribution in [2.45, 2.75) is 32.1 Å². The predicted molar refractivity (Wildman–Crippen MR) is 61.4 cm³/mol. The summed E-state index contributed by atoms with van der Waals surface area (Å²) < 4.78 is 26.7. The van der Waals surface area contributed by atoms with Gasteiger partial charge < -0.3 is 22.8 Å². The van der Waals surface area contributed by atoms with Crippen LogP contribution in [0.1, 0.15) is 13.3 Å². The molecule has 1 aliphatic heterocycles. The monoisotopic (exact) mass is 250 g/mol. The van der Waals surface area contributed by atoms with Gasteiger partial charge in [-0.1, -0.05) is 0 Å². The highest BCUT2D eigenvalue weighted by atomic mass is 28.4. The maximum Gasteiger partial charge on any atom is 0.497 e. The van der Waals surface area contributed by atoms with Crippen LogP contribution in [0.25, 0.3) is 0 Å². The first-order chi connectivity index (χ1) is 7.59. The molecule has 0 bridgehead atoms. The lowest BCUT2D eigenvalue weighted by atomic mass is 10.3. The predicted octanol–water partition coefficient (Wildman–Crippen LogP) is 1.06. The minimum Gasteiger partial charge on any atom is -0.377 e.